The number of nitrogens with zero attached hydrogens (tertiary/aromatic N) is 2. The average molecular weight is 256 g/mol. The van der Waals surface area contributed by atoms with Crippen LogP contribution < -0.4 is 5.32 Å². The van der Waals surface area contributed by atoms with Gasteiger partial charge < -0.3 is 9.51 Å². The molecule has 3 rings (SSSR count). The fraction of sp³-hybridized carbons (Fsp3) is 0.154. The van der Waals surface area contributed by atoms with Crippen LogP contribution in [0.5, 0.6) is 0 Å². The molecule has 0 unspecified atom stereocenters. The Hall–Kier alpha value is -2.63. The third-order valence-electron chi connectivity index (χ3n) is 2.80. The third-order valence-corrected chi connectivity index (χ3v) is 2.80. The van der Waals surface area contributed by atoms with Crippen LogP contribution in [0.15, 0.2) is 35.0 Å². The number of amides is 1. The number of para-hydroxylation sites is 1. The number of aryl methyl sites for hydroxylation is 1. The van der Waals surface area contributed by atoms with E-state index in [-0.39, 0.29) is 18.3 Å². The molecule has 3 aromatic rings. The van der Waals surface area contributed by atoms with E-state index in [4.69, 9.17) is 4.52 Å². The van der Waals surface area contributed by atoms with Crippen LogP contribution in [0.1, 0.15) is 11.4 Å². The number of benzene rings is 1. The van der Waals surface area contributed by atoms with Crippen molar-refractivity contribution in [3.05, 3.63) is 41.9 Å². The maximum absolute atomic E-state index is 11.9. The van der Waals surface area contributed by atoms with Crippen molar-refractivity contribution in [2.75, 3.05) is 5.32 Å². The highest BCUT2D eigenvalue weighted by Crippen LogP contribution is 2.18. The van der Waals surface area contributed by atoms with Gasteiger partial charge in [-0.25, -0.2) is 0 Å². The number of fused-ring (bicyclic) bond motifs is 1. The highest BCUT2D eigenvalue weighted by atomic mass is 16.5. The number of aromatic amines is 1. The number of carbonyl (C=O) groups excluding carboxylic acids is 1. The van der Waals surface area contributed by atoms with Gasteiger partial charge in [0.15, 0.2) is 5.82 Å². The van der Waals surface area contributed by atoms with Crippen LogP contribution in [-0.4, -0.2) is 21.0 Å². The van der Waals surface area contributed by atoms with Gasteiger partial charge >= 0.3 is 6.01 Å². The van der Waals surface area contributed by atoms with Gasteiger partial charge in [0.05, 0.1) is 6.42 Å². The van der Waals surface area contributed by atoms with Crippen LogP contribution in [0.4, 0.5) is 6.01 Å². The summed E-state index contributed by atoms with van der Waals surface area (Å²) in [6, 6.07) is 7.97. The Bertz CT molecular complexity index is 729. The molecule has 6 nitrogen and oxygen atoms in total. The molecule has 6 heteroatoms. The standard InChI is InChI=1S/C13H12N4O2/c1-8-15-13(19-17-8)16-12(18)6-9-7-14-11-5-3-2-4-10(9)11/h2-5,7,14H,6H2,1H3,(H,15,16,17,18). The van der Waals surface area contributed by atoms with E-state index >= 15 is 0 Å². The number of nitrogens with one attached hydrogen (secondary N) is 2. The zero-order valence-electron chi connectivity index (χ0n) is 10.3. The van der Waals surface area contributed by atoms with E-state index in [1.807, 2.05) is 30.5 Å². The number of H-pyrrole nitrogens is 1. The predicted molar refractivity (Wildman–Crippen MR) is 69.7 cm³/mol. The summed E-state index contributed by atoms with van der Waals surface area (Å²) in [5.74, 6) is 0.302. The SMILES string of the molecule is Cc1noc(NC(=O)Cc2c[nH]c3ccccc23)n1. The molecule has 2 aromatic heterocycles. The molecular weight excluding hydrogens is 244 g/mol. The van der Waals surface area contributed by atoms with E-state index in [1.54, 1.807) is 6.92 Å². The molecule has 0 atom stereocenters. The van der Waals surface area contributed by atoms with Gasteiger partial charge in [0.25, 0.3) is 0 Å². The van der Waals surface area contributed by atoms with Gasteiger partial charge in [-0.2, -0.15) is 4.98 Å². The lowest BCUT2D eigenvalue weighted by atomic mass is 10.1. The molecule has 0 bridgehead atoms. The summed E-state index contributed by atoms with van der Waals surface area (Å²) < 4.78 is 4.84. The molecule has 0 saturated heterocycles. The monoisotopic (exact) mass is 256 g/mol. The second-order valence-corrected chi connectivity index (χ2v) is 4.23. The van der Waals surface area contributed by atoms with Gasteiger partial charge in [-0.3, -0.25) is 10.1 Å². The predicted octanol–water partition coefficient (Wildman–Crippen LogP) is 2.04. The van der Waals surface area contributed by atoms with Gasteiger partial charge in [0.1, 0.15) is 0 Å². The van der Waals surface area contributed by atoms with Crippen molar-refractivity contribution in [2.24, 2.45) is 0 Å². The van der Waals surface area contributed by atoms with Crippen molar-refractivity contribution in [1.29, 1.82) is 0 Å². The van der Waals surface area contributed by atoms with Gasteiger partial charge in [-0.1, -0.05) is 23.4 Å². The molecule has 1 aromatic carbocycles. The van der Waals surface area contributed by atoms with Crippen LogP contribution in [0.3, 0.4) is 0 Å². The van der Waals surface area contributed by atoms with Crippen LogP contribution in [0.25, 0.3) is 10.9 Å². The quantitative estimate of drug-likeness (QED) is 0.751. The van der Waals surface area contributed by atoms with Crippen molar-refractivity contribution in [3.8, 4) is 0 Å². The summed E-state index contributed by atoms with van der Waals surface area (Å²) in [6.45, 7) is 1.69. The van der Waals surface area contributed by atoms with Crippen molar-refractivity contribution in [1.82, 2.24) is 15.1 Å². The largest absolute Gasteiger partial charge is 0.361 e. The molecule has 0 fully saturated rings. The van der Waals surface area contributed by atoms with Gasteiger partial charge in [-0.15, -0.1) is 0 Å². The minimum absolute atomic E-state index is 0.127. The smallest absolute Gasteiger partial charge is 0.328 e. The van der Waals surface area contributed by atoms with Crippen LogP contribution in [0, 0.1) is 6.92 Å². The Balaban J connectivity index is 1.76. The first kappa shape index (κ1) is 11.5. The first-order valence-corrected chi connectivity index (χ1v) is 5.87. The molecule has 0 aliphatic rings. The lowest BCUT2D eigenvalue weighted by Crippen LogP contribution is -2.14. The van der Waals surface area contributed by atoms with E-state index in [1.165, 1.54) is 0 Å². The Labute approximate surface area is 108 Å². The Morgan fingerprint density at radius 1 is 1.42 bits per heavy atom. The lowest BCUT2D eigenvalue weighted by molar-refractivity contribution is -0.115. The summed E-state index contributed by atoms with van der Waals surface area (Å²) in [5.41, 5.74) is 1.95. The molecule has 96 valence electrons. The Morgan fingerprint density at radius 3 is 3.05 bits per heavy atom. The lowest BCUT2D eigenvalue weighted by Gasteiger charge is -1.99. The highest BCUT2D eigenvalue weighted by molar-refractivity contribution is 5.94. The minimum atomic E-state index is -0.187. The first-order chi connectivity index (χ1) is 9.22. The van der Waals surface area contributed by atoms with Crippen molar-refractivity contribution in [3.63, 3.8) is 0 Å². The van der Waals surface area contributed by atoms with Crippen molar-refractivity contribution < 1.29 is 9.32 Å². The van der Waals surface area contributed by atoms with Crippen molar-refractivity contribution in [2.45, 2.75) is 13.3 Å². The molecule has 2 N–H and O–H groups in total. The fourth-order valence-electron chi connectivity index (χ4n) is 1.96. The Morgan fingerprint density at radius 2 is 2.26 bits per heavy atom. The number of carbonyl (C=O) groups is 1. The summed E-state index contributed by atoms with van der Waals surface area (Å²) in [5, 5.41) is 7.22. The van der Waals surface area contributed by atoms with Gasteiger partial charge in [-0.05, 0) is 18.6 Å². The average Bonchev–Trinajstić information content (AvgIpc) is 2.97. The number of anilines is 1. The summed E-state index contributed by atoms with van der Waals surface area (Å²) in [4.78, 5) is 18.9. The van der Waals surface area contributed by atoms with E-state index in [0.29, 0.717) is 5.82 Å². The second kappa shape index (κ2) is 4.56. The summed E-state index contributed by atoms with van der Waals surface area (Å²) in [6.07, 6.45) is 2.09. The fourth-order valence-corrected chi connectivity index (χ4v) is 1.96. The number of hydrogen-bond donors (Lipinski definition) is 2. The van der Waals surface area contributed by atoms with Gasteiger partial charge in [0.2, 0.25) is 5.91 Å². The maximum Gasteiger partial charge on any atom is 0.328 e. The van der Waals surface area contributed by atoms with E-state index in [9.17, 15) is 4.79 Å². The van der Waals surface area contributed by atoms with Crippen LogP contribution >= 0.6 is 0 Å². The normalized spacial score (nSPS) is 10.8. The topological polar surface area (TPSA) is 83.8 Å². The molecular formula is C13H12N4O2. The van der Waals surface area contributed by atoms with Crippen molar-refractivity contribution >= 4 is 22.8 Å². The molecule has 1 amide bonds. The number of rotatable bonds is 3. The van der Waals surface area contributed by atoms with E-state index < -0.39 is 0 Å². The zero-order chi connectivity index (χ0) is 13.2. The Kier molecular flexibility index (Phi) is 2.75. The van der Waals surface area contributed by atoms with Crippen LogP contribution in [0.2, 0.25) is 0 Å². The van der Waals surface area contributed by atoms with E-state index in [2.05, 4.69) is 20.4 Å². The third kappa shape index (κ3) is 2.33. The summed E-state index contributed by atoms with van der Waals surface area (Å²) >= 11 is 0. The summed E-state index contributed by atoms with van der Waals surface area (Å²) in [7, 11) is 0. The first-order valence-electron chi connectivity index (χ1n) is 5.87. The molecule has 19 heavy (non-hydrogen) atoms. The maximum atomic E-state index is 11.9. The molecule has 0 spiro atoms. The zero-order valence-corrected chi connectivity index (χ0v) is 10.3. The molecule has 2 heterocycles. The number of hydrogen-bond acceptors (Lipinski definition) is 4. The van der Waals surface area contributed by atoms with E-state index in [0.717, 1.165) is 16.5 Å². The van der Waals surface area contributed by atoms with Gasteiger partial charge in [0, 0.05) is 17.1 Å². The number of aromatic nitrogens is 3. The molecule has 0 aliphatic carbocycles. The molecule has 0 aliphatic heterocycles. The van der Waals surface area contributed by atoms with Crippen LogP contribution in [-0.2, 0) is 11.2 Å². The second-order valence-electron chi connectivity index (χ2n) is 4.23. The minimum Gasteiger partial charge on any atom is -0.361 e. The molecule has 0 saturated carbocycles. The molecule has 0 radical (unpaired) electrons. The highest BCUT2D eigenvalue weighted by Gasteiger charge is 2.11.